The van der Waals surface area contributed by atoms with Crippen LogP contribution in [0.3, 0.4) is 0 Å². The van der Waals surface area contributed by atoms with Gasteiger partial charge >= 0.3 is 373 Å². The average Bonchev–Trinajstić information content (AvgIpc) is 3.79. The van der Waals surface area contributed by atoms with Crippen LogP contribution >= 0.6 is 17.0 Å². The van der Waals surface area contributed by atoms with Gasteiger partial charge < -0.3 is 0 Å². The Morgan fingerprint density at radius 2 is 0.917 bits per heavy atom. The molecular formula is C56H65Cl2SiZr. The first-order valence-corrected chi connectivity index (χ1v) is 40.6. The van der Waals surface area contributed by atoms with Crippen molar-refractivity contribution in [1.29, 1.82) is 0 Å². The molecule has 2 atom stereocenters. The number of rotatable bonds is 8. The molecule has 0 amide bonds. The van der Waals surface area contributed by atoms with Crippen LogP contribution in [0.4, 0.5) is 0 Å². The number of halogens is 2. The second-order valence-electron chi connectivity index (χ2n) is 23.1. The molecule has 4 aromatic rings. The Balaban J connectivity index is 0.905. The molecule has 0 aromatic heterocycles. The summed E-state index contributed by atoms with van der Waals surface area (Å²) < 4.78 is 0.203. The fraction of sp³-hybridized carbons (Fsp3) is 0.500. The monoisotopic (exact) mass is 925 g/mol. The Labute approximate surface area is 369 Å². The number of fused-ring (bicyclic) bond motifs is 2. The summed E-state index contributed by atoms with van der Waals surface area (Å²) in [6.07, 6.45) is 22.5. The molecule has 0 saturated heterocycles. The summed E-state index contributed by atoms with van der Waals surface area (Å²) in [6.45, 7) is 12.1. The fourth-order valence-corrected chi connectivity index (χ4v) is 49.3. The zero-order valence-corrected chi connectivity index (χ0v) is 41.9. The molecule has 4 aromatic carbocycles. The van der Waals surface area contributed by atoms with Gasteiger partial charge in [-0.3, -0.25) is 0 Å². The van der Waals surface area contributed by atoms with Crippen LogP contribution in [0.1, 0.15) is 138 Å². The maximum absolute atomic E-state index is 8.82. The van der Waals surface area contributed by atoms with Gasteiger partial charge in [0, 0.05) is 0 Å². The number of hydrogen-bond acceptors (Lipinski definition) is 0. The number of hydrogen-bond donors (Lipinski definition) is 0. The first-order valence-electron chi connectivity index (χ1n) is 24.3. The molecule has 8 bridgehead atoms. The molecule has 0 nitrogen and oxygen atoms in total. The van der Waals surface area contributed by atoms with Gasteiger partial charge in [-0.15, -0.1) is 0 Å². The van der Waals surface area contributed by atoms with Gasteiger partial charge in [-0.2, -0.15) is 0 Å². The molecule has 4 heteroatoms. The molecule has 10 aliphatic carbocycles. The van der Waals surface area contributed by atoms with E-state index in [0.717, 1.165) is 35.5 Å². The summed E-state index contributed by atoms with van der Waals surface area (Å²) in [6, 6.07) is 34.0. The molecule has 0 radical (unpaired) electrons. The van der Waals surface area contributed by atoms with Gasteiger partial charge in [0.25, 0.3) is 0 Å². The molecule has 8 saturated carbocycles. The van der Waals surface area contributed by atoms with Crippen LogP contribution < -0.4 is 0 Å². The first-order chi connectivity index (χ1) is 28.8. The summed E-state index contributed by atoms with van der Waals surface area (Å²) in [5.74, 6) is 4.45. The van der Waals surface area contributed by atoms with E-state index in [1.54, 1.807) is 11.1 Å². The van der Waals surface area contributed by atoms with Crippen molar-refractivity contribution in [2.24, 2.45) is 41.4 Å². The molecule has 0 N–H and O–H groups in total. The molecule has 10 aliphatic rings. The molecular weight excluding hydrogens is 863 g/mol. The Morgan fingerprint density at radius 1 is 0.533 bits per heavy atom. The van der Waals surface area contributed by atoms with Crippen molar-refractivity contribution in [2.45, 2.75) is 129 Å². The molecule has 2 unspecified atom stereocenters. The van der Waals surface area contributed by atoms with Crippen molar-refractivity contribution in [3.05, 3.63) is 129 Å². The normalized spacial score (nSPS) is 35.1. The standard InChI is InChI=1S/C28H31.C26H27.C2H7Si.2ClH.Zr/c1-18(2)24-13-23-4-3-5-26(27(23)14-24)22-6-8-25(9-7-22)28-15-19-10-20(16-28)12-21(11-19)17-28;1-17-9-22-3-2-4-24(25(22)10-17)21-5-7-23(8-6-21)26-14-18-11-19(15-26)13-20(12-18)16-26;1-3-2;;;/h3-9,13-14,18-21H,10-12,15-17H2,1-2H3;2-10,18-20H,11-16H2,1H3;3H,1-2H3;2*1H;/q;;;;;+2/p-2. The van der Waals surface area contributed by atoms with Gasteiger partial charge in [-0.05, 0) is 0 Å². The van der Waals surface area contributed by atoms with E-state index in [1.165, 1.54) is 133 Å². The third-order valence-corrected chi connectivity index (χ3v) is 70.9. The van der Waals surface area contributed by atoms with Crippen LogP contribution in [-0.4, -0.2) is 5.92 Å². The van der Waals surface area contributed by atoms with Gasteiger partial charge in [0.15, 0.2) is 0 Å². The van der Waals surface area contributed by atoms with Crippen molar-refractivity contribution < 1.29 is 15.6 Å². The quantitative estimate of drug-likeness (QED) is 0.155. The molecule has 8 fully saturated rings. The molecule has 0 spiro atoms. The van der Waals surface area contributed by atoms with Crippen molar-refractivity contribution in [1.82, 2.24) is 0 Å². The number of allylic oxidation sites excluding steroid dienone is 2. The minimum atomic E-state index is -4.87. The predicted octanol–water partition coefficient (Wildman–Crippen LogP) is 16.2. The van der Waals surface area contributed by atoms with Gasteiger partial charge in [0.1, 0.15) is 0 Å². The average molecular weight is 928 g/mol. The van der Waals surface area contributed by atoms with Crippen molar-refractivity contribution >= 4 is 35.1 Å². The van der Waals surface area contributed by atoms with E-state index in [4.69, 9.17) is 17.0 Å². The van der Waals surface area contributed by atoms with Gasteiger partial charge in [-0.1, -0.05) is 0 Å². The van der Waals surface area contributed by atoms with Crippen LogP contribution in [0.15, 0.2) is 96.1 Å². The van der Waals surface area contributed by atoms with Gasteiger partial charge in [0.05, 0.1) is 0 Å². The van der Waals surface area contributed by atoms with Crippen LogP contribution in [0.2, 0.25) is 13.1 Å². The van der Waals surface area contributed by atoms with Crippen LogP contribution in [-0.2, 0) is 26.4 Å². The Hall–Kier alpha value is -1.96. The van der Waals surface area contributed by atoms with Gasteiger partial charge in [-0.25, -0.2) is 0 Å². The zero-order chi connectivity index (χ0) is 40.9. The molecule has 14 rings (SSSR count). The van der Waals surface area contributed by atoms with E-state index in [0.29, 0.717) is 16.7 Å². The van der Waals surface area contributed by atoms with Crippen LogP contribution in [0.5, 0.6) is 0 Å². The van der Waals surface area contributed by atoms with E-state index in [-0.39, 0.29) is 7.25 Å². The summed E-state index contributed by atoms with van der Waals surface area (Å²) in [7, 11) is 17.6. The maximum atomic E-state index is 8.82. The fourth-order valence-electron chi connectivity index (χ4n) is 17.1. The second-order valence-corrected chi connectivity index (χ2v) is 65.6. The van der Waals surface area contributed by atoms with Crippen molar-refractivity contribution in [2.75, 3.05) is 0 Å². The number of benzene rings is 4. The van der Waals surface area contributed by atoms with E-state index in [1.807, 2.05) is 0 Å². The van der Waals surface area contributed by atoms with E-state index < -0.39 is 21.5 Å². The minimum absolute atomic E-state index is 0.101. The molecule has 60 heavy (non-hydrogen) atoms. The molecule has 311 valence electrons. The third kappa shape index (κ3) is 5.74. The van der Waals surface area contributed by atoms with E-state index >= 15 is 0 Å². The Bertz CT molecular complexity index is 2400. The second kappa shape index (κ2) is 13.8. The van der Waals surface area contributed by atoms with Crippen molar-refractivity contribution in [3.63, 3.8) is 0 Å². The molecule has 0 heterocycles. The topological polar surface area (TPSA) is 0 Å². The third-order valence-electron chi connectivity index (χ3n) is 18.9. The summed E-state index contributed by atoms with van der Waals surface area (Å²) in [5.41, 5.74) is 17.8. The molecule has 0 aliphatic heterocycles. The Morgan fingerprint density at radius 3 is 1.30 bits per heavy atom. The summed E-state index contributed by atoms with van der Waals surface area (Å²) in [4.78, 5) is 0. The SMILES string of the molecule is CC1=Cc2c(-c3ccc(C45CC6CC(CC(C6)C4)C5)cc3)cccc2[CH]1[Zr]([Cl])([Cl])([CH]1C(C(C)C)=Cc2c(-c3ccc(C45CC6CC(CC(C6)C4)C5)cc3)cccc21)[SiH](C)C. The van der Waals surface area contributed by atoms with Crippen molar-refractivity contribution in [3.8, 4) is 22.3 Å². The van der Waals surface area contributed by atoms with E-state index in [9.17, 15) is 0 Å². The zero-order valence-electron chi connectivity index (χ0n) is 36.8. The van der Waals surface area contributed by atoms with E-state index in [2.05, 4.69) is 131 Å². The van der Waals surface area contributed by atoms with Crippen LogP contribution in [0.25, 0.3) is 34.4 Å². The summed E-state index contributed by atoms with van der Waals surface area (Å²) >= 11 is -4.87. The van der Waals surface area contributed by atoms with Crippen LogP contribution in [0, 0.1) is 41.4 Å². The Kier molecular flexibility index (Phi) is 9.09. The van der Waals surface area contributed by atoms with Gasteiger partial charge in [0.2, 0.25) is 0 Å². The summed E-state index contributed by atoms with van der Waals surface area (Å²) in [5, 5.41) is 0. The first kappa shape index (κ1) is 39.6. The predicted molar refractivity (Wildman–Crippen MR) is 256 cm³/mol.